The predicted molar refractivity (Wildman–Crippen MR) is 146 cm³/mol. The van der Waals surface area contributed by atoms with Gasteiger partial charge in [0, 0.05) is 9.89 Å². The van der Waals surface area contributed by atoms with Crippen LogP contribution < -0.4 is 0 Å². The highest BCUT2D eigenvalue weighted by Crippen LogP contribution is 2.54. The second-order valence-corrected chi connectivity index (χ2v) is 11.1. The summed E-state index contributed by atoms with van der Waals surface area (Å²) in [6.07, 6.45) is 19.1. The minimum atomic E-state index is 0.195. The van der Waals surface area contributed by atoms with Crippen LogP contribution in [0.25, 0.3) is 21.5 Å². The van der Waals surface area contributed by atoms with Gasteiger partial charge in [-0.3, -0.25) is 0 Å². The lowest BCUT2D eigenvalue weighted by Crippen LogP contribution is -2.25. The molecule has 0 aromatic heterocycles. The molecule has 1 aliphatic rings. The van der Waals surface area contributed by atoms with Crippen molar-refractivity contribution < 1.29 is 0 Å². The summed E-state index contributed by atoms with van der Waals surface area (Å²) in [6, 6.07) is 16.5. The van der Waals surface area contributed by atoms with E-state index in [4.69, 9.17) is 0 Å². The number of halogens is 1. The molecule has 1 heteroatoms. The van der Waals surface area contributed by atoms with E-state index in [0.717, 1.165) is 0 Å². The van der Waals surface area contributed by atoms with E-state index in [1.807, 2.05) is 0 Å². The molecule has 0 saturated heterocycles. The van der Waals surface area contributed by atoms with Crippen LogP contribution in [-0.2, 0) is 5.41 Å². The van der Waals surface area contributed by atoms with Gasteiger partial charge in [-0.25, -0.2) is 0 Å². The van der Waals surface area contributed by atoms with Crippen LogP contribution in [0.2, 0.25) is 0 Å². The Balaban J connectivity index is 1.65. The maximum absolute atomic E-state index is 3.86. The quantitative estimate of drug-likeness (QED) is 0.155. The fourth-order valence-electron chi connectivity index (χ4n) is 6.21. The molecule has 4 rings (SSSR count). The van der Waals surface area contributed by atoms with Crippen molar-refractivity contribution in [3.8, 4) is 0 Å². The van der Waals surface area contributed by atoms with Gasteiger partial charge in [0.1, 0.15) is 0 Å². The molecule has 0 radical (unpaired) electrons. The Labute approximate surface area is 204 Å². The van der Waals surface area contributed by atoms with E-state index in [2.05, 4.69) is 72.2 Å². The Hall–Kier alpha value is -1.34. The van der Waals surface area contributed by atoms with Gasteiger partial charge in [-0.05, 0) is 57.6 Å². The minimum absolute atomic E-state index is 0.195. The molecule has 0 aliphatic heterocycles. The summed E-state index contributed by atoms with van der Waals surface area (Å²) in [5.41, 5.74) is 3.42. The number of unbranched alkanes of at least 4 members (excludes halogenated alkanes) is 10. The molecule has 172 valence electrons. The lowest BCUT2D eigenvalue weighted by molar-refractivity contribution is 0.398. The molecule has 3 aromatic carbocycles. The van der Waals surface area contributed by atoms with Crippen LogP contribution in [0.3, 0.4) is 0 Å². The molecule has 0 N–H and O–H groups in total. The van der Waals surface area contributed by atoms with Gasteiger partial charge in [-0.1, -0.05) is 137 Å². The topological polar surface area (TPSA) is 0 Å². The monoisotopic (exact) mass is 492 g/mol. The van der Waals surface area contributed by atoms with E-state index < -0.39 is 0 Å². The van der Waals surface area contributed by atoms with Gasteiger partial charge in [-0.2, -0.15) is 0 Å². The van der Waals surface area contributed by atoms with Crippen molar-refractivity contribution in [2.24, 2.45) is 0 Å². The van der Waals surface area contributed by atoms with Crippen molar-refractivity contribution in [2.75, 3.05) is 0 Å². The maximum Gasteiger partial charge on any atom is 0.0216 e. The number of benzene rings is 3. The summed E-state index contributed by atoms with van der Waals surface area (Å²) in [6.45, 7) is 4.62. The normalized spacial score (nSPS) is 14.2. The molecule has 0 saturated carbocycles. The molecule has 32 heavy (non-hydrogen) atoms. The van der Waals surface area contributed by atoms with Gasteiger partial charge in [0.05, 0.1) is 0 Å². The molecule has 0 bridgehead atoms. The zero-order valence-corrected chi connectivity index (χ0v) is 21.9. The standard InChI is InChI=1S/C31H41Br/c1-3-5-7-9-11-13-20-31(21-14-12-10-8-6-4-2)27-17-15-16-24-18-19-25-22-26(32)23-28(31)30(25)29(24)27/h15-19,22-23H,3-14,20-21H2,1-2H3. The first-order valence-corrected chi connectivity index (χ1v) is 14.2. The molecule has 1 aliphatic carbocycles. The Morgan fingerprint density at radius 2 is 1.16 bits per heavy atom. The molecular formula is C31H41Br. The van der Waals surface area contributed by atoms with E-state index in [1.165, 1.54) is 105 Å². The van der Waals surface area contributed by atoms with E-state index in [9.17, 15) is 0 Å². The smallest absolute Gasteiger partial charge is 0.0216 e. The van der Waals surface area contributed by atoms with E-state index >= 15 is 0 Å². The number of rotatable bonds is 14. The van der Waals surface area contributed by atoms with E-state index in [-0.39, 0.29) is 5.41 Å². The zero-order valence-electron chi connectivity index (χ0n) is 20.3. The van der Waals surface area contributed by atoms with Crippen LogP contribution in [-0.4, -0.2) is 0 Å². The summed E-state index contributed by atoms with van der Waals surface area (Å²) in [5, 5.41) is 5.91. The average molecular weight is 494 g/mol. The molecule has 0 fully saturated rings. The van der Waals surface area contributed by atoms with Crippen molar-refractivity contribution in [1.29, 1.82) is 0 Å². The SMILES string of the molecule is CCCCCCCCC1(CCCCCCCC)c2cccc3ccc4cc(Br)cc1c4c23. The second-order valence-electron chi connectivity index (χ2n) is 10.1. The van der Waals surface area contributed by atoms with Crippen LogP contribution >= 0.6 is 15.9 Å². The number of hydrogen-bond acceptors (Lipinski definition) is 0. The Kier molecular flexibility index (Phi) is 8.32. The molecule has 0 spiro atoms. The summed E-state index contributed by atoms with van der Waals surface area (Å²) < 4.78 is 1.24. The van der Waals surface area contributed by atoms with Gasteiger partial charge in [-0.15, -0.1) is 0 Å². The van der Waals surface area contributed by atoms with E-state index in [0.29, 0.717) is 0 Å². The third-order valence-corrected chi connectivity index (χ3v) is 8.33. The second kappa shape index (κ2) is 11.2. The van der Waals surface area contributed by atoms with Crippen molar-refractivity contribution in [1.82, 2.24) is 0 Å². The lowest BCUT2D eigenvalue weighted by atomic mass is 9.70. The summed E-state index contributed by atoms with van der Waals surface area (Å²) >= 11 is 3.86. The zero-order chi connectivity index (χ0) is 22.4. The molecule has 0 nitrogen and oxygen atoms in total. The first-order chi connectivity index (χ1) is 15.7. The van der Waals surface area contributed by atoms with Gasteiger partial charge in [0.15, 0.2) is 0 Å². The third kappa shape index (κ3) is 4.79. The van der Waals surface area contributed by atoms with Crippen LogP contribution in [0.4, 0.5) is 0 Å². The average Bonchev–Trinajstić information content (AvgIpc) is 3.07. The summed E-state index contributed by atoms with van der Waals surface area (Å²) in [5.74, 6) is 0. The summed E-state index contributed by atoms with van der Waals surface area (Å²) in [7, 11) is 0. The van der Waals surface area contributed by atoms with Gasteiger partial charge < -0.3 is 0 Å². The van der Waals surface area contributed by atoms with Crippen molar-refractivity contribution >= 4 is 37.5 Å². The maximum atomic E-state index is 3.86. The third-order valence-electron chi connectivity index (χ3n) is 7.87. The Morgan fingerprint density at radius 1 is 0.594 bits per heavy atom. The van der Waals surface area contributed by atoms with Crippen LogP contribution in [0, 0.1) is 0 Å². The Bertz CT molecular complexity index is 1020. The Morgan fingerprint density at radius 3 is 1.81 bits per heavy atom. The highest BCUT2D eigenvalue weighted by Gasteiger charge is 2.41. The van der Waals surface area contributed by atoms with Crippen molar-refractivity contribution in [2.45, 2.75) is 109 Å². The van der Waals surface area contributed by atoms with Crippen molar-refractivity contribution in [3.63, 3.8) is 0 Å². The largest absolute Gasteiger partial charge is 0.0654 e. The fraction of sp³-hybridized carbons (Fsp3) is 0.548. The molecule has 0 heterocycles. The minimum Gasteiger partial charge on any atom is -0.0654 e. The lowest BCUT2D eigenvalue weighted by Gasteiger charge is -2.33. The highest BCUT2D eigenvalue weighted by molar-refractivity contribution is 9.10. The molecule has 0 amide bonds. The van der Waals surface area contributed by atoms with Gasteiger partial charge >= 0.3 is 0 Å². The first-order valence-electron chi connectivity index (χ1n) is 13.4. The molecule has 0 unspecified atom stereocenters. The van der Waals surface area contributed by atoms with Crippen LogP contribution in [0.15, 0.2) is 46.9 Å². The van der Waals surface area contributed by atoms with Crippen LogP contribution in [0.1, 0.15) is 115 Å². The molecule has 3 aromatic rings. The predicted octanol–water partition coefficient (Wildman–Crippen LogP) is 10.9. The van der Waals surface area contributed by atoms with Gasteiger partial charge in [0.2, 0.25) is 0 Å². The molecule has 0 atom stereocenters. The summed E-state index contributed by atoms with van der Waals surface area (Å²) in [4.78, 5) is 0. The van der Waals surface area contributed by atoms with Crippen LogP contribution in [0.5, 0.6) is 0 Å². The first kappa shape index (κ1) is 23.8. The van der Waals surface area contributed by atoms with Crippen molar-refractivity contribution in [3.05, 3.63) is 58.1 Å². The number of hydrogen-bond donors (Lipinski definition) is 0. The van der Waals surface area contributed by atoms with Gasteiger partial charge in [0.25, 0.3) is 0 Å². The van der Waals surface area contributed by atoms with E-state index in [1.54, 1.807) is 21.9 Å². The highest BCUT2D eigenvalue weighted by atomic mass is 79.9. The molecular weight excluding hydrogens is 452 g/mol. The fourth-order valence-corrected chi connectivity index (χ4v) is 6.68.